The highest BCUT2D eigenvalue weighted by atomic mass is 16.5. The van der Waals surface area contributed by atoms with Crippen LogP contribution in [0.15, 0.2) is 47.1 Å². The average Bonchev–Trinajstić information content (AvgIpc) is 3.48. The molecule has 2 N–H and O–H groups in total. The smallest absolute Gasteiger partial charge is 0.327 e. The minimum absolute atomic E-state index is 0.0214. The standard InChI is InChI=1S/C28H36N4O7/c1-4-11-29-25(33)17-31-22-14-24(38-3)23(37-2)13-21(22)27(35)32(28(31)36)16-18-7-9-19(10-8-18)26(34)30-15-20-6-5-12-39-20/h5-10,12,21-24H,4,11,13-17H2,1-3H3,(H,29,33)(H,30,34). The number of furan rings is 1. The van der Waals surface area contributed by atoms with Gasteiger partial charge in [0.1, 0.15) is 12.3 Å². The van der Waals surface area contributed by atoms with Crippen LogP contribution in [0, 0.1) is 5.92 Å². The molecule has 5 amide bonds. The molecule has 1 aromatic heterocycles. The zero-order valence-electron chi connectivity index (χ0n) is 22.6. The molecule has 0 bridgehead atoms. The lowest BCUT2D eigenvalue weighted by Crippen LogP contribution is -2.66. The summed E-state index contributed by atoms with van der Waals surface area (Å²) < 4.78 is 16.4. The fourth-order valence-electron chi connectivity index (χ4n) is 5.24. The summed E-state index contributed by atoms with van der Waals surface area (Å²) in [4.78, 5) is 55.1. The third-order valence-corrected chi connectivity index (χ3v) is 7.35. The van der Waals surface area contributed by atoms with Crippen molar-refractivity contribution in [1.29, 1.82) is 0 Å². The van der Waals surface area contributed by atoms with Crippen LogP contribution in [0.4, 0.5) is 4.79 Å². The van der Waals surface area contributed by atoms with Crippen molar-refractivity contribution in [2.75, 3.05) is 27.3 Å². The molecule has 11 heteroatoms. The summed E-state index contributed by atoms with van der Waals surface area (Å²) in [7, 11) is 3.16. The van der Waals surface area contributed by atoms with Crippen LogP contribution in [0.5, 0.6) is 0 Å². The monoisotopic (exact) mass is 540 g/mol. The molecular formula is C28H36N4O7. The van der Waals surface area contributed by atoms with Gasteiger partial charge in [-0.25, -0.2) is 4.79 Å². The minimum Gasteiger partial charge on any atom is -0.467 e. The molecule has 1 saturated carbocycles. The van der Waals surface area contributed by atoms with Crippen molar-refractivity contribution in [2.45, 2.75) is 57.5 Å². The molecule has 39 heavy (non-hydrogen) atoms. The van der Waals surface area contributed by atoms with Crippen molar-refractivity contribution in [1.82, 2.24) is 20.4 Å². The van der Waals surface area contributed by atoms with Gasteiger partial charge in [-0.05, 0) is 49.1 Å². The topological polar surface area (TPSA) is 130 Å². The van der Waals surface area contributed by atoms with Gasteiger partial charge < -0.3 is 29.4 Å². The maximum atomic E-state index is 13.6. The molecule has 2 aliphatic rings. The highest BCUT2D eigenvalue weighted by molar-refractivity contribution is 6.00. The van der Waals surface area contributed by atoms with E-state index >= 15 is 0 Å². The molecule has 0 radical (unpaired) electrons. The Morgan fingerprint density at radius 2 is 1.74 bits per heavy atom. The molecule has 2 heterocycles. The molecule has 4 unspecified atom stereocenters. The molecule has 11 nitrogen and oxygen atoms in total. The van der Waals surface area contributed by atoms with Crippen LogP contribution in [-0.4, -0.2) is 79.1 Å². The number of fused-ring (bicyclic) bond motifs is 1. The predicted molar refractivity (Wildman–Crippen MR) is 140 cm³/mol. The molecular weight excluding hydrogens is 504 g/mol. The Labute approximate surface area is 227 Å². The largest absolute Gasteiger partial charge is 0.467 e. The zero-order chi connectivity index (χ0) is 27.9. The van der Waals surface area contributed by atoms with E-state index in [-0.39, 0.29) is 49.6 Å². The van der Waals surface area contributed by atoms with E-state index < -0.39 is 18.0 Å². The highest BCUT2D eigenvalue weighted by Crippen LogP contribution is 2.37. The number of carbonyl (C=O) groups excluding carboxylic acids is 4. The van der Waals surface area contributed by atoms with Crippen LogP contribution < -0.4 is 10.6 Å². The third kappa shape index (κ3) is 6.48. The number of carbonyl (C=O) groups is 4. The summed E-state index contributed by atoms with van der Waals surface area (Å²) in [5, 5.41) is 5.60. The number of rotatable bonds is 11. The van der Waals surface area contributed by atoms with E-state index in [0.29, 0.717) is 36.3 Å². The number of methoxy groups -OCH3 is 2. The van der Waals surface area contributed by atoms with Crippen molar-refractivity contribution in [2.24, 2.45) is 5.92 Å². The molecule has 2 fully saturated rings. The lowest BCUT2D eigenvalue weighted by molar-refractivity contribution is -0.153. The summed E-state index contributed by atoms with van der Waals surface area (Å²) in [5.74, 6) is -0.720. The van der Waals surface area contributed by atoms with Gasteiger partial charge in [-0.3, -0.25) is 19.3 Å². The number of imide groups is 1. The summed E-state index contributed by atoms with van der Waals surface area (Å²) in [6.07, 6.45) is 2.49. The second-order valence-electron chi connectivity index (χ2n) is 9.84. The van der Waals surface area contributed by atoms with E-state index in [1.54, 1.807) is 56.9 Å². The number of hydrogen-bond acceptors (Lipinski definition) is 7. The molecule has 4 rings (SSSR count). The number of nitrogens with zero attached hydrogens (tertiary/aromatic N) is 2. The SMILES string of the molecule is CCCNC(=O)CN1C(=O)N(Cc2ccc(C(=O)NCc3ccco3)cc2)C(=O)C2CC(OC)C(OC)CC21. The molecule has 0 spiro atoms. The quantitative estimate of drug-likeness (QED) is 0.447. The van der Waals surface area contributed by atoms with E-state index in [0.717, 1.165) is 6.42 Å². The molecule has 2 aromatic rings. The summed E-state index contributed by atoms with van der Waals surface area (Å²) >= 11 is 0. The minimum atomic E-state index is -0.523. The summed E-state index contributed by atoms with van der Waals surface area (Å²) in [6, 6.07) is 9.26. The predicted octanol–water partition coefficient (Wildman–Crippen LogP) is 2.31. The van der Waals surface area contributed by atoms with Crippen LogP contribution in [0.3, 0.4) is 0 Å². The van der Waals surface area contributed by atoms with Gasteiger partial charge in [-0.15, -0.1) is 0 Å². The second-order valence-corrected chi connectivity index (χ2v) is 9.84. The number of benzene rings is 1. The van der Waals surface area contributed by atoms with Gasteiger partial charge in [-0.1, -0.05) is 19.1 Å². The Hall–Kier alpha value is -3.70. The van der Waals surface area contributed by atoms with Crippen LogP contribution >= 0.6 is 0 Å². The van der Waals surface area contributed by atoms with Crippen molar-refractivity contribution < 1.29 is 33.1 Å². The molecule has 210 valence electrons. The number of nitrogens with one attached hydrogen (secondary N) is 2. The van der Waals surface area contributed by atoms with Gasteiger partial charge in [0.05, 0.1) is 37.5 Å². The second kappa shape index (κ2) is 12.9. The van der Waals surface area contributed by atoms with Gasteiger partial charge >= 0.3 is 6.03 Å². The van der Waals surface area contributed by atoms with Crippen molar-refractivity contribution in [3.63, 3.8) is 0 Å². The number of hydrogen-bond donors (Lipinski definition) is 2. The highest BCUT2D eigenvalue weighted by Gasteiger charge is 2.51. The third-order valence-electron chi connectivity index (χ3n) is 7.35. The van der Waals surface area contributed by atoms with Crippen molar-refractivity contribution in [3.8, 4) is 0 Å². The Morgan fingerprint density at radius 3 is 2.38 bits per heavy atom. The average molecular weight is 541 g/mol. The Balaban J connectivity index is 1.50. The first-order valence-electron chi connectivity index (χ1n) is 13.2. The molecule has 1 aliphatic carbocycles. The van der Waals surface area contributed by atoms with E-state index in [9.17, 15) is 19.2 Å². The summed E-state index contributed by atoms with van der Waals surface area (Å²) in [6.45, 7) is 2.60. The van der Waals surface area contributed by atoms with E-state index in [1.807, 2.05) is 6.92 Å². The number of amides is 5. The number of urea groups is 1. The number of ether oxygens (including phenoxy) is 2. The molecule has 1 aliphatic heterocycles. The fraction of sp³-hybridized carbons (Fsp3) is 0.500. The first-order chi connectivity index (χ1) is 18.9. The lowest BCUT2D eigenvalue weighted by atomic mass is 9.78. The van der Waals surface area contributed by atoms with Gasteiger partial charge in [0.25, 0.3) is 5.91 Å². The van der Waals surface area contributed by atoms with Crippen molar-refractivity contribution in [3.05, 3.63) is 59.5 Å². The molecule has 1 saturated heterocycles. The first kappa shape index (κ1) is 28.3. The van der Waals surface area contributed by atoms with Crippen LogP contribution in [0.1, 0.15) is 47.9 Å². The van der Waals surface area contributed by atoms with Gasteiger partial charge in [0, 0.05) is 32.4 Å². The fourth-order valence-corrected chi connectivity index (χ4v) is 5.24. The van der Waals surface area contributed by atoms with Gasteiger partial charge in [0.2, 0.25) is 11.8 Å². The molecule has 4 atom stereocenters. The first-order valence-corrected chi connectivity index (χ1v) is 13.2. The van der Waals surface area contributed by atoms with Gasteiger partial charge in [-0.2, -0.15) is 0 Å². The zero-order valence-corrected chi connectivity index (χ0v) is 22.6. The Kier molecular flexibility index (Phi) is 9.36. The lowest BCUT2D eigenvalue weighted by Gasteiger charge is -2.49. The van der Waals surface area contributed by atoms with E-state index in [2.05, 4.69) is 10.6 Å². The normalized spacial score (nSPS) is 22.9. The van der Waals surface area contributed by atoms with E-state index in [1.165, 1.54) is 9.80 Å². The van der Waals surface area contributed by atoms with Gasteiger partial charge in [0.15, 0.2) is 0 Å². The van der Waals surface area contributed by atoms with Crippen LogP contribution in [-0.2, 0) is 32.2 Å². The van der Waals surface area contributed by atoms with E-state index in [4.69, 9.17) is 13.9 Å². The van der Waals surface area contributed by atoms with Crippen LogP contribution in [0.2, 0.25) is 0 Å². The summed E-state index contributed by atoms with van der Waals surface area (Å²) in [5.41, 5.74) is 1.12. The maximum Gasteiger partial charge on any atom is 0.327 e. The van der Waals surface area contributed by atoms with Crippen LogP contribution in [0.25, 0.3) is 0 Å². The molecule has 1 aromatic carbocycles. The Bertz CT molecular complexity index is 1150. The Morgan fingerprint density at radius 1 is 1.03 bits per heavy atom. The van der Waals surface area contributed by atoms with Crippen molar-refractivity contribution >= 4 is 23.8 Å². The maximum absolute atomic E-state index is 13.6.